The van der Waals surface area contributed by atoms with E-state index in [0.717, 1.165) is 17.9 Å². The minimum Gasteiger partial charge on any atom is -0.545 e. The molecule has 200 valence electrons. The van der Waals surface area contributed by atoms with Gasteiger partial charge in [0.25, 0.3) is 0 Å². The molecule has 1 rings (SSSR count). The van der Waals surface area contributed by atoms with E-state index in [-0.39, 0.29) is 23.2 Å². The fourth-order valence-electron chi connectivity index (χ4n) is 4.14. The summed E-state index contributed by atoms with van der Waals surface area (Å²) in [6.07, 6.45) is 7.88. The van der Waals surface area contributed by atoms with Crippen molar-refractivity contribution in [2.75, 3.05) is 19.7 Å². The van der Waals surface area contributed by atoms with Crippen LogP contribution >= 0.6 is 0 Å². The van der Waals surface area contributed by atoms with Gasteiger partial charge in [-0.2, -0.15) is 5.06 Å². The van der Waals surface area contributed by atoms with Crippen molar-refractivity contribution in [3.05, 3.63) is 12.2 Å². The summed E-state index contributed by atoms with van der Waals surface area (Å²) in [4.78, 5) is 35.8. The number of ether oxygens (including phenoxy) is 1. The van der Waals surface area contributed by atoms with Crippen LogP contribution in [0.4, 0.5) is 0 Å². The predicted octanol–water partition coefficient (Wildman–Crippen LogP) is -0.702. The van der Waals surface area contributed by atoms with Crippen molar-refractivity contribution in [2.24, 2.45) is 0 Å². The molecule has 0 saturated carbocycles. The van der Waals surface area contributed by atoms with Crippen molar-refractivity contribution < 1.29 is 44.6 Å². The van der Waals surface area contributed by atoms with Gasteiger partial charge in [0.15, 0.2) is 0 Å². The Morgan fingerprint density at radius 1 is 0.912 bits per heavy atom. The van der Waals surface area contributed by atoms with Crippen molar-refractivity contribution in [3.63, 3.8) is 0 Å². The van der Waals surface area contributed by atoms with E-state index >= 15 is 0 Å². The predicted molar refractivity (Wildman–Crippen MR) is 126 cm³/mol. The Hall–Kier alpha value is -1.97. The number of aliphatic carboxylic acids is 2. The largest absolute Gasteiger partial charge is 0.545 e. The fraction of sp³-hybridized carbons (Fsp3) is 0.800. The van der Waals surface area contributed by atoms with Crippen molar-refractivity contribution in [3.8, 4) is 0 Å². The van der Waals surface area contributed by atoms with Crippen molar-refractivity contribution in [1.82, 2.24) is 0 Å². The smallest absolute Gasteiger partial charge is 0.302 e. The summed E-state index contributed by atoms with van der Waals surface area (Å²) in [6.45, 7) is 20.0. The van der Waals surface area contributed by atoms with Gasteiger partial charge in [-0.1, -0.05) is 26.7 Å². The maximum atomic E-state index is 11.1. The second kappa shape index (κ2) is 18.4. The highest BCUT2D eigenvalue weighted by molar-refractivity contribution is 5.87. The van der Waals surface area contributed by atoms with E-state index in [1.165, 1.54) is 45.7 Å². The first-order chi connectivity index (χ1) is 15.7. The number of rotatable bonds is 11. The minimum absolute atomic E-state index is 0.00158. The third-order valence-corrected chi connectivity index (χ3v) is 5.21. The molecule has 0 radical (unpaired) electrons. The Kier molecular flexibility index (Phi) is 18.5. The van der Waals surface area contributed by atoms with Crippen molar-refractivity contribution in [1.29, 1.82) is 0 Å². The standard InChI is InChI=1S/C13H25NO3.C8H19N.C4H4O4/c1-7-16-14-12(3,4)8-11(17-10(2)15)9-13(14,5)6;1-3-5-7-9-8-6-4-2;5-3(6)1-2-4(7)8/h11H,7-9H2,1-6H3;9H,3-8H2,1-2H3;1-2H,(H,5,6)(H,7,8)/b;;2-1-. The van der Waals surface area contributed by atoms with E-state index < -0.39 is 11.9 Å². The van der Waals surface area contributed by atoms with E-state index in [1.54, 1.807) is 0 Å². The molecule has 0 unspecified atom stereocenters. The van der Waals surface area contributed by atoms with Crippen LogP contribution in [0.1, 0.15) is 93.9 Å². The van der Waals surface area contributed by atoms with E-state index in [0.29, 0.717) is 18.8 Å². The summed E-state index contributed by atoms with van der Waals surface area (Å²) in [5.41, 5.74) is -0.0875. The van der Waals surface area contributed by atoms with Crippen LogP contribution in [0.2, 0.25) is 0 Å². The number of hydroxylamine groups is 2. The number of quaternary nitrogens is 2. The van der Waals surface area contributed by atoms with Gasteiger partial charge in [-0.05, 0) is 59.6 Å². The van der Waals surface area contributed by atoms with Gasteiger partial charge in [0.05, 0.1) is 25.0 Å². The molecule has 0 spiro atoms. The summed E-state index contributed by atoms with van der Waals surface area (Å²) in [7, 11) is 0. The lowest BCUT2D eigenvalue weighted by molar-refractivity contribution is -1.17. The van der Waals surface area contributed by atoms with Crippen LogP contribution in [0.25, 0.3) is 0 Å². The van der Waals surface area contributed by atoms with Crippen LogP contribution in [0.5, 0.6) is 0 Å². The quantitative estimate of drug-likeness (QED) is 0.223. The van der Waals surface area contributed by atoms with Gasteiger partial charge in [-0.15, -0.1) is 0 Å². The third kappa shape index (κ3) is 17.5. The molecule has 1 saturated heterocycles. The number of carboxylic acid groups (broad SMARTS) is 2. The van der Waals surface area contributed by atoms with Crippen LogP contribution < -0.4 is 20.6 Å². The Morgan fingerprint density at radius 2 is 1.32 bits per heavy atom. The Balaban J connectivity index is 0. The van der Waals surface area contributed by atoms with Gasteiger partial charge < -0.3 is 29.9 Å². The van der Waals surface area contributed by atoms with Gasteiger partial charge in [-0.25, -0.2) is 4.84 Å². The lowest BCUT2D eigenvalue weighted by atomic mass is 9.80. The molecule has 0 aromatic heterocycles. The molecule has 9 nitrogen and oxygen atoms in total. The SMILES string of the molecule is CCCC[NH2+]CCCC.CCO[NH+]1C(C)(C)CC(OC(C)=O)CC1(C)C.O=C([O-])/C=C\C(=O)[O-]. The zero-order valence-electron chi connectivity index (χ0n) is 22.5. The maximum Gasteiger partial charge on any atom is 0.302 e. The summed E-state index contributed by atoms with van der Waals surface area (Å²) in [6, 6.07) is 0. The Morgan fingerprint density at radius 3 is 1.62 bits per heavy atom. The molecule has 9 heteroatoms. The molecule has 1 aliphatic rings. The van der Waals surface area contributed by atoms with E-state index in [2.05, 4.69) is 46.9 Å². The summed E-state index contributed by atoms with van der Waals surface area (Å²) in [5.74, 6) is -3.29. The summed E-state index contributed by atoms with van der Waals surface area (Å²) >= 11 is 0. The highest BCUT2D eigenvalue weighted by Gasteiger charge is 2.52. The molecule has 34 heavy (non-hydrogen) atoms. The first-order valence-corrected chi connectivity index (χ1v) is 12.3. The first-order valence-electron chi connectivity index (χ1n) is 12.3. The normalized spacial score (nSPS) is 20.4. The van der Waals surface area contributed by atoms with Crippen LogP contribution in [0.3, 0.4) is 0 Å². The zero-order valence-corrected chi connectivity index (χ0v) is 22.5. The Labute approximate surface area is 205 Å². The van der Waals surface area contributed by atoms with E-state index in [4.69, 9.17) is 9.57 Å². The number of carbonyl (C=O) groups excluding carboxylic acids is 3. The Bertz CT molecular complexity index is 578. The molecule has 0 aromatic carbocycles. The molecule has 1 fully saturated rings. The molecule has 1 aliphatic heterocycles. The highest BCUT2D eigenvalue weighted by atomic mass is 16.7. The monoisotopic (exact) mass is 488 g/mol. The molecule has 0 aliphatic carbocycles. The van der Waals surface area contributed by atoms with Gasteiger partial charge in [0.1, 0.15) is 23.8 Å². The second-order valence-corrected chi connectivity index (χ2v) is 9.71. The van der Waals surface area contributed by atoms with Crippen LogP contribution in [-0.4, -0.2) is 54.8 Å². The average molecular weight is 489 g/mol. The van der Waals surface area contributed by atoms with Crippen molar-refractivity contribution >= 4 is 17.9 Å². The van der Waals surface area contributed by atoms with Gasteiger partial charge in [0, 0.05) is 19.8 Å². The lowest BCUT2D eigenvalue weighted by Crippen LogP contribution is -3.26. The van der Waals surface area contributed by atoms with Crippen LogP contribution in [-0.2, 0) is 24.0 Å². The van der Waals surface area contributed by atoms with Crippen molar-refractivity contribution in [2.45, 2.75) is 111 Å². The molecule has 1 heterocycles. The van der Waals surface area contributed by atoms with Crippen LogP contribution in [0, 0.1) is 0 Å². The summed E-state index contributed by atoms with van der Waals surface area (Å²) in [5, 5.41) is 22.4. The van der Waals surface area contributed by atoms with E-state index in [1.807, 2.05) is 6.92 Å². The number of hydrogen-bond acceptors (Lipinski definition) is 7. The number of nitrogens with two attached hydrogens (primary N) is 1. The van der Waals surface area contributed by atoms with Gasteiger partial charge in [0.2, 0.25) is 0 Å². The first kappa shape index (κ1) is 34.2. The number of esters is 1. The van der Waals surface area contributed by atoms with Gasteiger partial charge >= 0.3 is 5.97 Å². The van der Waals surface area contributed by atoms with Gasteiger partial charge in [-0.3, -0.25) is 4.79 Å². The maximum absolute atomic E-state index is 11.1. The second-order valence-electron chi connectivity index (χ2n) is 9.71. The van der Waals surface area contributed by atoms with E-state index in [9.17, 15) is 24.6 Å². The number of carboxylic acids is 2. The third-order valence-electron chi connectivity index (χ3n) is 5.21. The highest BCUT2D eigenvalue weighted by Crippen LogP contribution is 2.26. The molecule has 0 aromatic rings. The topological polar surface area (TPSA) is 137 Å². The zero-order chi connectivity index (χ0) is 26.8. The van der Waals surface area contributed by atoms with Crippen LogP contribution in [0.15, 0.2) is 12.2 Å². The average Bonchev–Trinajstić information content (AvgIpc) is 2.69. The number of carbonyl (C=O) groups is 3. The minimum atomic E-state index is -1.55. The molecule has 0 amide bonds. The molecular weight excluding hydrogens is 440 g/mol. The lowest BCUT2D eigenvalue weighted by Gasteiger charge is -2.48. The molecule has 3 N–H and O–H groups in total. The molecular formula is C25H48N2O7. The number of nitrogens with one attached hydrogen (secondary N) is 1. The molecule has 0 bridgehead atoms. The fourth-order valence-corrected chi connectivity index (χ4v) is 4.14. The summed E-state index contributed by atoms with van der Waals surface area (Å²) < 4.78 is 5.38. The molecule has 0 atom stereocenters. The number of hydrogen-bond donors (Lipinski definition) is 2. The number of piperidine rings is 1. The number of unbranched alkanes of at least 4 members (excludes halogenated alkanes) is 2.